The minimum absolute atomic E-state index is 0.0828. The lowest BCUT2D eigenvalue weighted by Crippen LogP contribution is -2.24. The van der Waals surface area contributed by atoms with Crippen molar-refractivity contribution in [3.63, 3.8) is 0 Å². The van der Waals surface area contributed by atoms with Gasteiger partial charge < -0.3 is 9.84 Å². The molecule has 8 heteroatoms. The summed E-state index contributed by atoms with van der Waals surface area (Å²) in [6.07, 6.45) is 0.931. The summed E-state index contributed by atoms with van der Waals surface area (Å²) in [5, 5.41) is 12.3. The number of rotatable bonds is 6. The van der Waals surface area contributed by atoms with Gasteiger partial charge in [-0.05, 0) is 29.8 Å². The zero-order valence-electron chi connectivity index (χ0n) is 15.8. The zero-order chi connectivity index (χ0) is 20.2. The van der Waals surface area contributed by atoms with Gasteiger partial charge in [0.1, 0.15) is 0 Å². The molecule has 0 unspecified atom stereocenters. The fourth-order valence-corrected chi connectivity index (χ4v) is 3.04. The molecule has 4 rings (SSSR count). The molecule has 0 bridgehead atoms. The van der Waals surface area contributed by atoms with Crippen LogP contribution in [0.15, 0.2) is 64.2 Å². The minimum Gasteiger partial charge on any atom is -0.345 e. The largest absolute Gasteiger partial charge is 0.345 e. The number of benzene rings is 2. The van der Waals surface area contributed by atoms with Crippen LogP contribution in [-0.2, 0) is 17.8 Å². The van der Waals surface area contributed by atoms with E-state index in [1.54, 1.807) is 31.2 Å². The molecule has 1 N–H and O–H groups in total. The molecule has 0 fully saturated rings. The minimum atomic E-state index is -0.264. The average Bonchev–Trinajstić information content (AvgIpc) is 3.32. The Morgan fingerprint density at radius 2 is 1.90 bits per heavy atom. The molecule has 0 atom stereocenters. The summed E-state index contributed by atoms with van der Waals surface area (Å²) in [6.45, 7) is 1.86. The molecule has 1 aliphatic rings. The van der Waals surface area contributed by atoms with Crippen LogP contribution in [-0.4, -0.2) is 27.7 Å². The number of hydrazone groups is 1. The highest BCUT2D eigenvalue weighted by molar-refractivity contribution is 6.13. The molecule has 3 aromatic rings. The number of hydrogen-bond donors (Lipinski definition) is 1. The van der Waals surface area contributed by atoms with Crippen molar-refractivity contribution in [2.45, 2.75) is 26.3 Å². The van der Waals surface area contributed by atoms with Crippen LogP contribution in [0.3, 0.4) is 0 Å². The van der Waals surface area contributed by atoms with Crippen LogP contribution in [0.1, 0.15) is 34.1 Å². The summed E-state index contributed by atoms with van der Waals surface area (Å²) in [5.41, 5.74) is 3.03. The highest BCUT2D eigenvalue weighted by Crippen LogP contribution is 2.22. The van der Waals surface area contributed by atoms with E-state index < -0.39 is 0 Å². The molecular weight excluding hydrogens is 370 g/mol. The Labute approximate surface area is 167 Å². The van der Waals surface area contributed by atoms with E-state index in [1.165, 1.54) is 5.01 Å². The summed E-state index contributed by atoms with van der Waals surface area (Å²) in [6, 6.07) is 16.6. The highest BCUT2D eigenvalue weighted by atomic mass is 16.5. The number of carbonyl (C=O) groups is 2. The number of amides is 2. The Morgan fingerprint density at radius 1 is 1.14 bits per heavy atom. The monoisotopic (exact) mass is 389 g/mol. The van der Waals surface area contributed by atoms with Gasteiger partial charge in [0.05, 0.1) is 24.4 Å². The van der Waals surface area contributed by atoms with Crippen LogP contribution in [0, 0.1) is 6.92 Å². The van der Waals surface area contributed by atoms with Crippen molar-refractivity contribution in [2.75, 3.05) is 5.01 Å². The summed E-state index contributed by atoms with van der Waals surface area (Å²) in [7, 11) is 0. The van der Waals surface area contributed by atoms with Crippen molar-refractivity contribution in [1.29, 1.82) is 0 Å². The van der Waals surface area contributed by atoms with Gasteiger partial charge in [0.15, 0.2) is 5.82 Å². The molecule has 0 aliphatic carbocycles. The van der Waals surface area contributed by atoms with Crippen molar-refractivity contribution in [3.8, 4) is 0 Å². The molecule has 8 nitrogen and oxygen atoms in total. The van der Waals surface area contributed by atoms with Crippen LogP contribution in [0.5, 0.6) is 0 Å². The summed E-state index contributed by atoms with van der Waals surface area (Å²) in [4.78, 5) is 28.7. The molecule has 0 radical (unpaired) electrons. The predicted molar refractivity (Wildman–Crippen MR) is 106 cm³/mol. The SMILES string of the molecule is Cc1nc(CNC(=O)c2ccc(N3N=C(Cc4ccccc4)CC3=O)cc2)no1. The Hall–Kier alpha value is -3.81. The Balaban J connectivity index is 1.40. The van der Waals surface area contributed by atoms with Gasteiger partial charge in [-0.1, -0.05) is 35.5 Å². The van der Waals surface area contributed by atoms with E-state index in [-0.39, 0.29) is 18.4 Å². The number of hydrogen-bond acceptors (Lipinski definition) is 6. The Morgan fingerprint density at radius 3 is 2.59 bits per heavy atom. The number of nitrogens with one attached hydrogen (secondary N) is 1. The summed E-state index contributed by atoms with van der Waals surface area (Å²) in [5.74, 6) is 0.511. The first-order chi connectivity index (χ1) is 14.1. The molecule has 29 heavy (non-hydrogen) atoms. The lowest BCUT2D eigenvalue weighted by molar-refractivity contribution is -0.116. The second-order valence-corrected chi connectivity index (χ2v) is 6.67. The maximum atomic E-state index is 12.4. The molecular formula is C21H19N5O3. The second-order valence-electron chi connectivity index (χ2n) is 6.67. The number of carbonyl (C=O) groups excluding carboxylic acids is 2. The number of nitrogens with zero attached hydrogens (tertiary/aromatic N) is 4. The predicted octanol–water partition coefficient (Wildman–Crippen LogP) is 2.64. The molecule has 2 heterocycles. The van der Waals surface area contributed by atoms with E-state index in [4.69, 9.17) is 4.52 Å². The number of aromatic nitrogens is 2. The standard InChI is InChI=1S/C21H19N5O3/c1-14-23-19(25-29-14)13-22-21(28)16-7-9-18(10-8-16)26-20(27)12-17(24-26)11-15-5-3-2-4-6-15/h2-10H,11-13H2,1H3,(H,22,28). The van der Waals surface area contributed by atoms with E-state index in [0.717, 1.165) is 11.3 Å². The quantitative estimate of drug-likeness (QED) is 0.698. The van der Waals surface area contributed by atoms with Gasteiger partial charge in [-0.15, -0.1) is 0 Å². The average molecular weight is 389 g/mol. The van der Waals surface area contributed by atoms with E-state index in [0.29, 0.717) is 35.8 Å². The third-order valence-electron chi connectivity index (χ3n) is 4.43. The van der Waals surface area contributed by atoms with Gasteiger partial charge in [-0.3, -0.25) is 9.59 Å². The summed E-state index contributed by atoms with van der Waals surface area (Å²) < 4.78 is 4.87. The molecule has 1 aliphatic heterocycles. The molecule has 1 aromatic heterocycles. The Kier molecular flexibility index (Phi) is 5.15. The lowest BCUT2D eigenvalue weighted by atomic mass is 10.1. The normalized spacial score (nSPS) is 13.5. The Bertz CT molecular complexity index is 1060. The molecule has 0 saturated carbocycles. The van der Waals surface area contributed by atoms with Gasteiger partial charge in [0.2, 0.25) is 5.89 Å². The van der Waals surface area contributed by atoms with Crippen LogP contribution in [0.2, 0.25) is 0 Å². The van der Waals surface area contributed by atoms with Gasteiger partial charge in [0.25, 0.3) is 11.8 Å². The van der Waals surface area contributed by atoms with Crippen LogP contribution in [0.4, 0.5) is 5.69 Å². The molecule has 2 amide bonds. The zero-order valence-corrected chi connectivity index (χ0v) is 15.8. The first-order valence-electron chi connectivity index (χ1n) is 9.19. The van der Waals surface area contributed by atoms with Gasteiger partial charge >= 0.3 is 0 Å². The third-order valence-corrected chi connectivity index (χ3v) is 4.43. The lowest BCUT2D eigenvalue weighted by Gasteiger charge is -2.12. The summed E-state index contributed by atoms with van der Waals surface area (Å²) >= 11 is 0. The smallest absolute Gasteiger partial charge is 0.253 e. The maximum absolute atomic E-state index is 12.4. The maximum Gasteiger partial charge on any atom is 0.253 e. The van der Waals surface area contributed by atoms with Crippen molar-refractivity contribution < 1.29 is 14.1 Å². The van der Waals surface area contributed by atoms with Crippen molar-refractivity contribution in [3.05, 3.63) is 77.4 Å². The van der Waals surface area contributed by atoms with Gasteiger partial charge in [-0.25, -0.2) is 5.01 Å². The van der Waals surface area contributed by atoms with Gasteiger partial charge in [-0.2, -0.15) is 10.1 Å². The fraction of sp³-hybridized carbons (Fsp3) is 0.190. The van der Waals surface area contributed by atoms with E-state index >= 15 is 0 Å². The van der Waals surface area contributed by atoms with E-state index in [2.05, 4.69) is 20.6 Å². The molecule has 0 spiro atoms. The second kappa shape index (κ2) is 8.05. The highest BCUT2D eigenvalue weighted by Gasteiger charge is 2.25. The van der Waals surface area contributed by atoms with Crippen molar-refractivity contribution >= 4 is 23.2 Å². The third kappa shape index (κ3) is 4.37. The van der Waals surface area contributed by atoms with Crippen molar-refractivity contribution in [1.82, 2.24) is 15.5 Å². The number of anilines is 1. The van der Waals surface area contributed by atoms with E-state index in [1.807, 2.05) is 30.3 Å². The van der Waals surface area contributed by atoms with Crippen LogP contribution >= 0.6 is 0 Å². The number of aryl methyl sites for hydroxylation is 1. The van der Waals surface area contributed by atoms with Crippen LogP contribution < -0.4 is 10.3 Å². The van der Waals surface area contributed by atoms with Gasteiger partial charge in [0, 0.05) is 18.9 Å². The first kappa shape index (κ1) is 18.5. The first-order valence-corrected chi connectivity index (χ1v) is 9.19. The molecule has 2 aromatic carbocycles. The molecule has 146 valence electrons. The topological polar surface area (TPSA) is 101 Å². The van der Waals surface area contributed by atoms with Crippen LogP contribution in [0.25, 0.3) is 0 Å². The molecule has 0 saturated heterocycles. The fourth-order valence-electron chi connectivity index (χ4n) is 3.04. The van der Waals surface area contributed by atoms with Crippen molar-refractivity contribution in [2.24, 2.45) is 5.10 Å². The van der Waals surface area contributed by atoms with E-state index in [9.17, 15) is 9.59 Å².